The van der Waals surface area contributed by atoms with Gasteiger partial charge in [0.2, 0.25) is 0 Å². The number of nitrogens with one attached hydrogen (secondary N) is 1. The molecule has 2 aliphatic heterocycles. The third-order valence-corrected chi connectivity index (χ3v) is 7.01. The lowest BCUT2D eigenvalue weighted by Gasteiger charge is -2.32. The van der Waals surface area contributed by atoms with Crippen LogP contribution in [0.15, 0.2) is 30.5 Å². The number of amides is 1. The number of alkyl halides is 3. The molecule has 2 fully saturated rings. The standard InChI is InChI=1S/C25H25F5N2O6/c1-12-19(15-4-5-17(26)20(27)16(15)11-37-14-9-36-10-14)21(38-24(12,2)25(28,29)30)22(33)32-13-6-7-31-18(8-13)23(34)35-3/h4-8,12,14,19,21H,9-11H2,1-3H3,(H,31,32,33)/t12-,19-,21+,24+/m0/s1. The predicted molar refractivity (Wildman–Crippen MR) is 121 cm³/mol. The minimum Gasteiger partial charge on any atom is -0.464 e. The minimum atomic E-state index is -4.90. The summed E-state index contributed by atoms with van der Waals surface area (Å²) in [7, 11) is 1.13. The second-order valence-corrected chi connectivity index (χ2v) is 9.27. The number of carbonyl (C=O) groups is 2. The number of carbonyl (C=O) groups excluding carboxylic acids is 2. The lowest BCUT2D eigenvalue weighted by Crippen LogP contribution is -2.47. The molecule has 2 saturated heterocycles. The van der Waals surface area contributed by atoms with Crippen molar-refractivity contribution < 1.29 is 50.5 Å². The molecule has 2 aromatic rings. The molecule has 8 nitrogen and oxygen atoms in total. The van der Waals surface area contributed by atoms with E-state index in [4.69, 9.17) is 14.2 Å². The maximum absolute atomic E-state index is 15.0. The molecule has 0 saturated carbocycles. The van der Waals surface area contributed by atoms with E-state index in [-0.39, 0.29) is 41.8 Å². The molecular formula is C25H25F5N2O6. The number of benzene rings is 1. The van der Waals surface area contributed by atoms with Gasteiger partial charge in [0, 0.05) is 29.3 Å². The number of anilines is 1. The summed E-state index contributed by atoms with van der Waals surface area (Å²) in [4.78, 5) is 28.9. The zero-order valence-electron chi connectivity index (χ0n) is 20.6. The monoisotopic (exact) mass is 544 g/mol. The van der Waals surface area contributed by atoms with Gasteiger partial charge in [-0.15, -0.1) is 0 Å². The zero-order chi connectivity index (χ0) is 27.8. The SMILES string of the molecule is COC(=O)c1cc(NC(=O)[C@@H]2O[C@@](C)(C(F)(F)F)[C@@H](C)[C@H]2c2ccc(F)c(F)c2COC2COC2)ccn1. The van der Waals surface area contributed by atoms with E-state index in [1.165, 1.54) is 25.3 Å². The summed E-state index contributed by atoms with van der Waals surface area (Å²) < 4.78 is 92.3. The van der Waals surface area contributed by atoms with Crippen molar-refractivity contribution in [1.82, 2.24) is 4.98 Å². The molecule has 0 spiro atoms. The first-order valence-electron chi connectivity index (χ1n) is 11.6. The van der Waals surface area contributed by atoms with E-state index in [1.54, 1.807) is 0 Å². The first kappa shape index (κ1) is 27.9. The molecule has 206 valence electrons. The van der Waals surface area contributed by atoms with Crippen LogP contribution in [0.3, 0.4) is 0 Å². The van der Waals surface area contributed by atoms with E-state index in [2.05, 4.69) is 15.0 Å². The van der Waals surface area contributed by atoms with E-state index < -0.39 is 59.8 Å². The topological polar surface area (TPSA) is 96.0 Å². The maximum Gasteiger partial charge on any atom is 0.417 e. The van der Waals surface area contributed by atoms with E-state index >= 15 is 0 Å². The van der Waals surface area contributed by atoms with Crippen LogP contribution in [0.1, 0.15) is 41.4 Å². The lowest BCUT2D eigenvalue weighted by molar-refractivity contribution is -0.272. The Labute approximate surface area is 214 Å². The minimum absolute atomic E-state index is 0.0415. The average Bonchev–Trinajstić information content (AvgIpc) is 3.12. The largest absolute Gasteiger partial charge is 0.464 e. The van der Waals surface area contributed by atoms with Gasteiger partial charge in [-0.25, -0.2) is 18.6 Å². The van der Waals surface area contributed by atoms with Gasteiger partial charge in [-0.2, -0.15) is 13.2 Å². The molecule has 1 aromatic heterocycles. The summed E-state index contributed by atoms with van der Waals surface area (Å²) in [6, 6.07) is 4.43. The first-order chi connectivity index (χ1) is 17.9. The predicted octanol–water partition coefficient (Wildman–Crippen LogP) is 4.14. The van der Waals surface area contributed by atoms with Crippen molar-refractivity contribution in [2.24, 2.45) is 5.92 Å². The van der Waals surface area contributed by atoms with Crippen LogP contribution in [0.4, 0.5) is 27.6 Å². The van der Waals surface area contributed by atoms with Crippen molar-refractivity contribution in [1.29, 1.82) is 0 Å². The van der Waals surface area contributed by atoms with Gasteiger partial charge in [0.25, 0.3) is 5.91 Å². The summed E-state index contributed by atoms with van der Waals surface area (Å²) in [5.74, 6) is -7.01. The smallest absolute Gasteiger partial charge is 0.417 e. The Morgan fingerprint density at radius 1 is 1.21 bits per heavy atom. The van der Waals surface area contributed by atoms with Gasteiger partial charge in [-0.05, 0) is 30.7 Å². The molecule has 0 bridgehead atoms. The quantitative estimate of drug-likeness (QED) is 0.414. The van der Waals surface area contributed by atoms with Gasteiger partial charge in [0.1, 0.15) is 17.9 Å². The van der Waals surface area contributed by atoms with Gasteiger partial charge < -0.3 is 24.3 Å². The molecule has 0 unspecified atom stereocenters. The Bertz CT molecular complexity index is 1220. The van der Waals surface area contributed by atoms with Crippen LogP contribution >= 0.6 is 0 Å². The number of halogens is 5. The van der Waals surface area contributed by atoms with E-state index in [0.29, 0.717) is 0 Å². The average molecular weight is 544 g/mol. The fourth-order valence-electron chi connectivity index (χ4n) is 4.54. The number of methoxy groups -OCH3 is 1. The fraction of sp³-hybridized carbons (Fsp3) is 0.480. The third-order valence-electron chi connectivity index (χ3n) is 7.01. The van der Waals surface area contributed by atoms with Crippen LogP contribution in [-0.4, -0.2) is 61.2 Å². The normalized spacial score (nSPS) is 25.6. The van der Waals surface area contributed by atoms with Crippen LogP contribution in [0.5, 0.6) is 0 Å². The number of hydrogen-bond donors (Lipinski definition) is 1. The number of ether oxygens (including phenoxy) is 4. The Hall–Kier alpha value is -3.16. The maximum atomic E-state index is 15.0. The van der Waals surface area contributed by atoms with Crippen molar-refractivity contribution in [3.05, 3.63) is 58.9 Å². The number of rotatable bonds is 7. The summed E-state index contributed by atoms with van der Waals surface area (Å²) in [6.07, 6.45) is -5.83. The summed E-state index contributed by atoms with van der Waals surface area (Å²) in [6.45, 7) is 2.08. The van der Waals surface area contributed by atoms with Gasteiger partial charge in [0.05, 0.1) is 26.9 Å². The molecule has 0 aliphatic carbocycles. The molecular weight excluding hydrogens is 519 g/mol. The highest BCUT2D eigenvalue weighted by Gasteiger charge is 2.65. The second kappa shape index (κ2) is 10.5. The number of esters is 1. The summed E-state index contributed by atoms with van der Waals surface area (Å²) in [5, 5.41) is 2.43. The number of hydrogen-bond acceptors (Lipinski definition) is 7. The zero-order valence-corrected chi connectivity index (χ0v) is 20.6. The van der Waals surface area contributed by atoms with Crippen LogP contribution < -0.4 is 5.32 Å². The molecule has 1 N–H and O–H groups in total. The van der Waals surface area contributed by atoms with Crippen molar-refractivity contribution in [3.8, 4) is 0 Å². The number of nitrogens with zero attached hydrogens (tertiary/aromatic N) is 1. The highest BCUT2D eigenvalue weighted by molar-refractivity contribution is 5.96. The van der Waals surface area contributed by atoms with Crippen LogP contribution in [0, 0.1) is 17.6 Å². The molecule has 1 aromatic carbocycles. The molecule has 4 rings (SSSR count). The third kappa shape index (κ3) is 5.09. The van der Waals surface area contributed by atoms with Crippen LogP contribution in [-0.2, 0) is 30.3 Å². The number of aromatic nitrogens is 1. The van der Waals surface area contributed by atoms with Crippen molar-refractivity contribution in [2.75, 3.05) is 25.6 Å². The van der Waals surface area contributed by atoms with E-state index in [0.717, 1.165) is 26.2 Å². The molecule has 13 heteroatoms. The molecule has 2 aliphatic rings. The van der Waals surface area contributed by atoms with Crippen LogP contribution in [0.25, 0.3) is 0 Å². The first-order valence-corrected chi connectivity index (χ1v) is 11.6. The summed E-state index contributed by atoms with van der Waals surface area (Å²) in [5.41, 5.74) is -3.25. The Kier molecular flexibility index (Phi) is 7.73. The van der Waals surface area contributed by atoms with Gasteiger partial charge >= 0.3 is 12.1 Å². The van der Waals surface area contributed by atoms with Gasteiger partial charge in [-0.1, -0.05) is 13.0 Å². The van der Waals surface area contributed by atoms with E-state index in [1.807, 2.05) is 0 Å². The van der Waals surface area contributed by atoms with E-state index in [9.17, 15) is 31.5 Å². The highest BCUT2D eigenvalue weighted by atomic mass is 19.4. The van der Waals surface area contributed by atoms with Gasteiger partial charge in [0.15, 0.2) is 17.2 Å². The fourth-order valence-corrected chi connectivity index (χ4v) is 4.54. The van der Waals surface area contributed by atoms with Crippen molar-refractivity contribution in [3.63, 3.8) is 0 Å². The Morgan fingerprint density at radius 2 is 1.92 bits per heavy atom. The Morgan fingerprint density at radius 3 is 2.53 bits per heavy atom. The number of pyridine rings is 1. The molecule has 38 heavy (non-hydrogen) atoms. The lowest BCUT2D eigenvalue weighted by atomic mass is 9.76. The van der Waals surface area contributed by atoms with Crippen molar-refractivity contribution in [2.45, 2.75) is 50.4 Å². The molecule has 0 radical (unpaired) electrons. The Balaban J connectivity index is 1.73. The van der Waals surface area contributed by atoms with Crippen LogP contribution in [0.2, 0.25) is 0 Å². The van der Waals surface area contributed by atoms with Gasteiger partial charge in [-0.3, -0.25) is 4.79 Å². The van der Waals surface area contributed by atoms with Crippen molar-refractivity contribution >= 4 is 17.6 Å². The molecule has 4 atom stereocenters. The highest BCUT2D eigenvalue weighted by Crippen LogP contribution is 2.54. The summed E-state index contributed by atoms with van der Waals surface area (Å²) >= 11 is 0. The molecule has 3 heterocycles. The second-order valence-electron chi connectivity index (χ2n) is 9.27. The molecule has 1 amide bonds.